The van der Waals surface area contributed by atoms with Gasteiger partial charge in [0.15, 0.2) is 0 Å². The third-order valence-corrected chi connectivity index (χ3v) is 4.02. The van der Waals surface area contributed by atoms with E-state index in [0.29, 0.717) is 12.6 Å². The van der Waals surface area contributed by atoms with Gasteiger partial charge >= 0.3 is 0 Å². The van der Waals surface area contributed by atoms with Crippen LogP contribution in [0.4, 0.5) is 0 Å². The fourth-order valence-corrected chi connectivity index (χ4v) is 3.04. The summed E-state index contributed by atoms with van der Waals surface area (Å²) in [4.78, 5) is 4.31. The number of nitrogens with zero attached hydrogens (tertiary/aromatic N) is 1. The molecule has 0 amide bonds. The Bertz CT molecular complexity index is 583. The Balaban J connectivity index is 1.78. The van der Waals surface area contributed by atoms with Crippen LogP contribution in [0.25, 0.3) is 0 Å². The van der Waals surface area contributed by atoms with Crippen molar-refractivity contribution in [2.75, 3.05) is 6.54 Å². The van der Waals surface area contributed by atoms with Gasteiger partial charge < -0.3 is 10.1 Å². The Hall–Kier alpha value is -1.87. The Morgan fingerprint density at radius 1 is 1.24 bits per heavy atom. The van der Waals surface area contributed by atoms with E-state index in [4.69, 9.17) is 4.74 Å². The van der Waals surface area contributed by atoms with Gasteiger partial charge in [0.1, 0.15) is 12.4 Å². The number of hydrogen-bond donors (Lipinski definition) is 1. The SMILES string of the molecule is CCNC1CCCc2c(OCc3ccccn3)cccc21. The number of fused-ring (bicyclic) bond motifs is 1. The molecule has 3 rings (SSSR count). The molecule has 3 heteroatoms. The van der Waals surface area contributed by atoms with Gasteiger partial charge in [-0.1, -0.05) is 25.1 Å². The first-order valence-electron chi connectivity index (χ1n) is 7.76. The lowest BCUT2D eigenvalue weighted by atomic mass is 9.87. The zero-order valence-corrected chi connectivity index (χ0v) is 12.5. The number of nitrogens with one attached hydrogen (secondary N) is 1. The van der Waals surface area contributed by atoms with E-state index >= 15 is 0 Å². The fourth-order valence-electron chi connectivity index (χ4n) is 3.04. The van der Waals surface area contributed by atoms with Crippen LogP contribution >= 0.6 is 0 Å². The maximum absolute atomic E-state index is 6.03. The maximum Gasteiger partial charge on any atom is 0.130 e. The molecule has 1 N–H and O–H groups in total. The van der Waals surface area contributed by atoms with Gasteiger partial charge in [-0.15, -0.1) is 0 Å². The van der Waals surface area contributed by atoms with Crippen LogP contribution in [0.2, 0.25) is 0 Å². The van der Waals surface area contributed by atoms with Gasteiger partial charge in [0.2, 0.25) is 0 Å². The van der Waals surface area contributed by atoms with E-state index in [1.54, 1.807) is 6.20 Å². The normalized spacial score (nSPS) is 17.3. The molecule has 0 radical (unpaired) electrons. The first-order chi connectivity index (χ1) is 10.4. The first-order valence-corrected chi connectivity index (χ1v) is 7.76. The summed E-state index contributed by atoms with van der Waals surface area (Å²) in [7, 11) is 0. The van der Waals surface area contributed by atoms with E-state index in [1.807, 2.05) is 18.2 Å². The van der Waals surface area contributed by atoms with E-state index in [0.717, 1.165) is 24.4 Å². The van der Waals surface area contributed by atoms with E-state index in [9.17, 15) is 0 Å². The molecule has 0 aliphatic heterocycles. The lowest BCUT2D eigenvalue weighted by Gasteiger charge is -2.27. The molecule has 1 aromatic carbocycles. The Morgan fingerprint density at radius 2 is 2.19 bits per heavy atom. The molecular weight excluding hydrogens is 260 g/mol. The molecule has 0 saturated carbocycles. The van der Waals surface area contributed by atoms with Gasteiger partial charge in [-0.05, 0) is 55.1 Å². The summed E-state index contributed by atoms with van der Waals surface area (Å²) in [6.07, 6.45) is 5.34. The molecule has 0 saturated heterocycles. The molecule has 1 unspecified atom stereocenters. The third-order valence-electron chi connectivity index (χ3n) is 4.02. The van der Waals surface area contributed by atoms with Crippen molar-refractivity contribution in [1.82, 2.24) is 10.3 Å². The second kappa shape index (κ2) is 6.72. The summed E-state index contributed by atoms with van der Waals surface area (Å²) >= 11 is 0. The molecule has 2 aromatic rings. The van der Waals surface area contributed by atoms with Crippen molar-refractivity contribution in [1.29, 1.82) is 0 Å². The monoisotopic (exact) mass is 282 g/mol. The second-order valence-corrected chi connectivity index (χ2v) is 5.44. The third kappa shape index (κ3) is 3.24. The molecular formula is C18H22N2O. The molecule has 1 aliphatic rings. The molecule has 110 valence electrons. The lowest BCUT2D eigenvalue weighted by Crippen LogP contribution is -2.25. The van der Waals surface area contributed by atoms with Crippen LogP contribution in [0, 0.1) is 0 Å². The van der Waals surface area contributed by atoms with Crippen LogP contribution < -0.4 is 10.1 Å². The minimum absolute atomic E-state index is 0.470. The van der Waals surface area contributed by atoms with E-state index in [-0.39, 0.29) is 0 Å². The summed E-state index contributed by atoms with van der Waals surface area (Å²) in [5.74, 6) is 1.01. The van der Waals surface area contributed by atoms with Gasteiger partial charge in [0.05, 0.1) is 5.69 Å². The molecule has 0 spiro atoms. The van der Waals surface area contributed by atoms with Crippen molar-refractivity contribution >= 4 is 0 Å². The number of aromatic nitrogens is 1. The van der Waals surface area contributed by atoms with E-state index < -0.39 is 0 Å². The van der Waals surface area contributed by atoms with Gasteiger partial charge in [-0.25, -0.2) is 0 Å². The van der Waals surface area contributed by atoms with Crippen molar-refractivity contribution in [2.45, 2.75) is 38.8 Å². The number of rotatable bonds is 5. The van der Waals surface area contributed by atoms with Gasteiger partial charge in [0.25, 0.3) is 0 Å². The quantitative estimate of drug-likeness (QED) is 0.909. The van der Waals surface area contributed by atoms with Crippen molar-refractivity contribution < 1.29 is 4.74 Å². The minimum Gasteiger partial charge on any atom is -0.487 e. The zero-order valence-electron chi connectivity index (χ0n) is 12.5. The molecule has 1 aromatic heterocycles. The highest BCUT2D eigenvalue weighted by Gasteiger charge is 2.21. The van der Waals surface area contributed by atoms with Gasteiger partial charge in [-0.2, -0.15) is 0 Å². The number of hydrogen-bond acceptors (Lipinski definition) is 3. The summed E-state index contributed by atoms with van der Waals surface area (Å²) < 4.78 is 6.03. The smallest absolute Gasteiger partial charge is 0.130 e. The molecule has 3 nitrogen and oxygen atoms in total. The summed E-state index contributed by atoms with van der Waals surface area (Å²) in [6, 6.07) is 12.8. The van der Waals surface area contributed by atoms with Crippen LogP contribution in [0.3, 0.4) is 0 Å². The highest BCUT2D eigenvalue weighted by molar-refractivity contribution is 5.43. The van der Waals surface area contributed by atoms with Crippen molar-refractivity contribution in [2.24, 2.45) is 0 Å². The van der Waals surface area contributed by atoms with Crippen LogP contribution in [0.15, 0.2) is 42.6 Å². The molecule has 1 aliphatic carbocycles. The first kappa shape index (κ1) is 14.1. The second-order valence-electron chi connectivity index (χ2n) is 5.44. The van der Waals surface area contributed by atoms with Crippen LogP contribution in [0.5, 0.6) is 5.75 Å². The van der Waals surface area contributed by atoms with E-state index in [1.165, 1.54) is 24.0 Å². The van der Waals surface area contributed by atoms with Gasteiger partial charge in [-0.3, -0.25) is 4.98 Å². The standard InChI is InChI=1S/C18H22N2O/c1-2-19-17-10-5-9-16-15(17)8-6-11-18(16)21-13-14-7-3-4-12-20-14/h3-4,6-8,11-12,17,19H,2,5,9-10,13H2,1H3. The van der Waals surface area contributed by atoms with Crippen molar-refractivity contribution in [3.8, 4) is 5.75 Å². The zero-order chi connectivity index (χ0) is 14.5. The maximum atomic E-state index is 6.03. The van der Waals surface area contributed by atoms with Crippen LogP contribution in [-0.2, 0) is 13.0 Å². The van der Waals surface area contributed by atoms with Crippen molar-refractivity contribution in [3.63, 3.8) is 0 Å². The Morgan fingerprint density at radius 3 is 3.00 bits per heavy atom. The topological polar surface area (TPSA) is 34.1 Å². The summed E-state index contributed by atoms with van der Waals surface area (Å²) in [5.41, 5.74) is 3.74. The average molecular weight is 282 g/mol. The Kier molecular flexibility index (Phi) is 4.51. The molecule has 0 bridgehead atoms. The summed E-state index contributed by atoms with van der Waals surface area (Å²) in [5, 5.41) is 3.57. The lowest BCUT2D eigenvalue weighted by molar-refractivity contribution is 0.295. The highest BCUT2D eigenvalue weighted by Crippen LogP contribution is 2.35. The largest absolute Gasteiger partial charge is 0.487 e. The average Bonchev–Trinajstić information content (AvgIpc) is 2.54. The molecule has 0 fully saturated rings. The number of ether oxygens (including phenoxy) is 1. The predicted molar refractivity (Wildman–Crippen MR) is 84.4 cm³/mol. The number of benzene rings is 1. The summed E-state index contributed by atoms with van der Waals surface area (Å²) in [6.45, 7) is 3.70. The highest BCUT2D eigenvalue weighted by atomic mass is 16.5. The van der Waals surface area contributed by atoms with Gasteiger partial charge in [0, 0.05) is 12.2 Å². The molecule has 1 atom stereocenters. The van der Waals surface area contributed by atoms with E-state index in [2.05, 4.69) is 35.4 Å². The van der Waals surface area contributed by atoms with Crippen LogP contribution in [0.1, 0.15) is 42.6 Å². The van der Waals surface area contributed by atoms with Crippen LogP contribution in [-0.4, -0.2) is 11.5 Å². The number of pyridine rings is 1. The minimum atomic E-state index is 0.470. The molecule has 21 heavy (non-hydrogen) atoms. The van der Waals surface area contributed by atoms with Crippen molar-refractivity contribution in [3.05, 3.63) is 59.4 Å². The molecule has 1 heterocycles. The Labute approximate surface area is 126 Å². The fraction of sp³-hybridized carbons (Fsp3) is 0.389. The predicted octanol–water partition coefficient (Wildman–Crippen LogP) is 3.65.